The first-order valence-corrected chi connectivity index (χ1v) is 18.2. The van der Waals surface area contributed by atoms with Crippen LogP contribution in [0.2, 0.25) is 0 Å². The zero-order valence-electron chi connectivity index (χ0n) is 25.7. The third kappa shape index (κ3) is 7.55. The highest BCUT2D eigenvalue weighted by Gasteiger charge is 2.34. The molecule has 1 aliphatic heterocycles. The van der Waals surface area contributed by atoms with E-state index in [-0.39, 0.29) is 18.3 Å². The van der Waals surface area contributed by atoms with Gasteiger partial charge in [0.1, 0.15) is 12.4 Å². The summed E-state index contributed by atoms with van der Waals surface area (Å²) in [4.78, 5) is 32.6. The van der Waals surface area contributed by atoms with Crippen LogP contribution in [0.5, 0.6) is 17.2 Å². The third-order valence-corrected chi connectivity index (χ3v) is 10.1. The molecule has 0 saturated heterocycles. The minimum absolute atomic E-state index is 0.0621. The first-order chi connectivity index (χ1) is 22.0. The molecule has 0 bridgehead atoms. The number of nitrogens with zero attached hydrogens (tertiary/aromatic N) is 2. The van der Waals surface area contributed by atoms with Gasteiger partial charge in [-0.15, -0.1) is 0 Å². The Bertz CT molecular complexity index is 1980. The molecule has 5 rings (SSSR count). The lowest BCUT2D eigenvalue weighted by atomic mass is 9.95. The Morgan fingerprint density at radius 1 is 1.09 bits per heavy atom. The quantitative estimate of drug-likeness (QED) is 0.124. The lowest BCUT2D eigenvalue weighted by molar-refractivity contribution is -0.139. The van der Waals surface area contributed by atoms with E-state index in [0.717, 1.165) is 28.5 Å². The Morgan fingerprint density at radius 2 is 1.78 bits per heavy atom. The predicted octanol–water partition coefficient (Wildman–Crippen LogP) is 7.14. The molecule has 0 radical (unpaired) electrons. The summed E-state index contributed by atoms with van der Waals surface area (Å²) in [6.07, 6.45) is 1.79. The van der Waals surface area contributed by atoms with Gasteiger partial charge in [-0.1, -0.05) is 45.5 Å². The minimum atomic E-state index is -0.769. The van der Waals surface area contributed by atoms with Crippen molar-refractivity contribution in [3.05, 3.63) is 114 Å². The van der Waals surface area contributed by atoms with Gasteiger partial charge in [-0.25, -0.2) is 9.79 Å². The van der Waals surface area contributed by atoms with E-state index in [1.165, 1.54) is 11.3 Å². The van der Waals surface area contributed by atoms with Gasteiger partial charge in [-0.05, 0) is 132 Å². The smallest absolute Gasteiger partial charge is 0.338 e. The number of fused-ring (bicyclic) bond motifs is 1. The summed E-state index contributed by atoms with van der Waals surface area (Å²) in [7, 11) is 1.56. The molecule has 46 heavy (non-hydrogen) atoms. The molecule has 8 nitrogen and oxygen atoms in total. The van der Waals surface area contributed by atoms with Crippen molar-refractivity contribution < 1.29 is 23.7 Å². The van der Waals surface area contributed by atoms with Crippen molar-refractivity contribution in [3.8, 4) is 17.2 Å². The molecule has 1 atom stereocenters. The number of allylic oxidation sites excluding steroid dienone is 1. The number of ether oxygens (including phenoxy) is 4. The number of carbonyl (C=O) groups is 1. The summed E-state index contributed by atoms with van der Waals surface area (Å²) in [5, 5.41) is 0. The fraction of sp³-hybridized carbons (Fsp3) is 0.265. The van der Waals surface area contributed by atoms with E-state index in [1.54, 1.807) is 37.7 Å². The van der Waals surface area contributed by atoms with Crippen LogP contribution >= 0.6 is 72.4 Å². The minimum Gasteiger partial charge on any atom is -0.493 e. The summed E-state index contributed by atoms with van der Waals surface area (Å²) in [6.45, 7) is 8.01. The molecule has 1 aromatic heterocycles. The molecule has 240 valence electrons. The average Bonchev–Trinajstić information content (AvgIpc) is 3.30. The molecule has 12 heteroatoms. The molecule has 0 unspecified atom stereocenters. The van der Waals surface area contributed by atoms with Crippen molar-refractivity contribution in [1.29, 1.82) is 0 Å². The van der Waals surface area contributed by atoms with Gasteiger partial charge in [0, 0.05) is 4.47 Å². The normalized spacial score (nSPS) is 14.6. The largest absolute Gasteiger partial charge is 0.493 e. The summed E-state index contributed by atoms with van der Waals surface area (Å²) in [5.74, 6) is 1.34. The molecular formula is C34H31BrI2N2O6S. The van der Waals surface area contributed by atoms with E-state index in [9.17, 15) is 9.59 Å². The van der Waals surface area contributed by atoms with Crippen LogP contribution in [0.4, 0.5) is 0 Å². The van der Waals surface area contributed by atoms with E-state index in [4.69, 9.17) is 23.9 Å². The Hall–Kier alpha value is -2.69. The van der Waals surface area contributed by atoms with Gasteiger partial charge in [0.25, 0.3) is 5.56 Å². The van der Waals surface area contributed by atoms with Gasteiger partial charge in [0.2, 0.25) is 0 Å². The number of hydrogen-bond donors (Lipinski definition) is 0. The second-order valence-electron chi connectivity index (χ2n) is 10.6. The first-order valence-electron chi connectivity index (χ1n) is 14.4. The Labute approximate surface area is 306 Å². The summed E-state index contributed by atoms with van der Waals surface area (Å²) < 4.78 is 28.1. The fourth-order valence-corrected chi connectivity index (χ4v) is 8.44. The van der Waals surface area contributed by atoms with Crippen LogP contribution < -0.4 is 29.1 Å². The molecule has 0 fully saturated rings. The molecule has 3 aromatic carbocycles. The highest BCUT2D eigenvalue weighted by molar-refractivity contribution is 14.1. The highest BCUT2D eigenvalue weighted by Crippen LogP contribution is 2.37. The lowest BCUT2D eigenvalue weighted by Gasteiger charge is -2.25. The van der Waals surface area contributed by atoms with Gasteiger partial charge in [-0.3, -0.25) is 9.36 Å². The number of rotatable bonds is 10. The maximum Gasteiger partial charge on any atom is 0.338 e. The number of halogens is 3. The SMILES string of the molecule is CCOC(=O)C1=C(C)N=c2s/c(=C\c3cc(I)c(OCc4ccc(Br)cc4)c(I)c3)c(=O)n2[C@@H]1c1ccc(OC(C)C)c(OC)c1. The molecular weight excluding hydrogens is 898 g/mol. The molecule has 0 saturated carbocycles. The molecule has 0 N–H and O–H groups in total. The predicted molar refractivity (Wildman–Crippen MR) is 200 cm³/mol. The van der Waals surface area contributed by atoms with Crippen LogP contribution in [0.15, 0.2) is 80.1 Å². The van der Waals surface area contributed by atoms with Crippen LogP contribution in [-0.2, 0) is 16.1 Å². The number of carbonyl (C=O) groups excluding carboxylic acids is 1. The Kier molecular flexibility index (Phi) is 11.3. The lowest BCUT2D eigenvalue weighted by Crippen LogP contribution is -2.40. The fourth-order valence-electron chi connectivity index (χ4n) is 5.00. The van der Waals surface area contributed by atoms with E-state index in [2.05, 4.69) is 61.1 Å². The molecule has 0 aliphatic carbocycles. The van der Waals surface area contributed by atoms with E-state index in [0.29, 0.717) is 44.3 Å². The third-order valence-electron chi connectivity index (χ3n) is 7.00. The topological polar surface area (TPSA) is 88.4 Å². The number of thiazole rings is 1. The summed E-state index contributed by atoms with van der Waals surface area (Å²) in [6, 6.07) is 16.7. The maximum atomic E-state index is 14.1. The molecule has 1 aliphatic rings. The number of benzene rings is 3. The second kappa shape index (κ2) is 15.0. The van der Waals surface area contributed by atoms with Crippen molar-refractivity contribution in [2.24, 2.45) is 4.99 Å². The van der Waals surface area contributed by atoms with Crippen molar-refractivity contribution in [1.82, 2.24) is 4.57 Å². The van der Waals surface area contributed by atoms with Crippen molar-refractivity contribution in [2.75, 3.05) is 13.7 Å². The van der Waals surface area contributed by atoms with E-state index < -0.39 is 12.0 Å². The summed E-state index contributed by atoms with van der Waals surface area (Å²) in [5.41, 5.74) is 3.13. The number of esters is 1. The van der Waals surface area contributed by atoms with Crippen LogP contribution in [0.3, 0.4) is 0 Å². The number of hydrogen-bond acceptors (Lipinski definition) is 8. The zero-order chi connectivity index (χ0) is 33.1. The Balaban J connectivity index is 1.57. The molecule has 0 amide bonds. The average molecular weight is 929 g/mol. The van der Waals surface area contributed by atoms with Gasteiger partial charge in [0.15, 0.2) is 16.3 Å². The highest BCUT2D eigenvalue weighted by atomic mass is 127. The molecule has 2 heterocycles. The standard InChI is InChI=1S/C34H31BrI2N2O6S/c1-6-43-33(41)29-19(4)38-34-39(30(29)22-9-12-26(45-18(2)3)27(16-22)42-5)32(40)28(46-34)15-21-13-24(36)31(25(37)14-21)44-17-20-7-10-23(35)11-8-20/h7-16,18,30H,6,17H2,1-5H3/b28-15-/t30-/m1/s1. The van der Waals surface area contributed by atoms with Gasteiger partial charge < -0.3 is 18.9 Å². The number of aromatic nitrogens is 1. The van der Waals surface area contributed by atoms with Crippen LogP contribution in [0, 0.1) is 7.14 Å². The molecule has 4 aromatic rings. The number of methoxy groups -OCH3 is 1. The second-order valence-corrected chi connectivity index (χ2v) is 14.9. The zero-order valence-corrected chi connectivity index (χ0v) is 32.4. The van der Waals surface area contributed by atoms with Crippen LogP contribution in [0.25, 0.3) is 6.08 Å². The van der Waals surface area contributed by atoms with Crippen molar-refractivity contribution >= 4 is 84.5 Å². The van der Waals surface area contributed by atoms with Gasteiger partial charge in [0.05, 0.1) is 48.8 Å². The molecule has 0 spiro atoms. The van der Waals surface area contributed by atoms with Crippen molar-refractivity contribution in [2.45, 2.75) is 46.4 Å². The van der Waals surface area contributed by atoms with E-state index in [1.807, 2.05) is 62.4 Å². The Morgan fingerprint density at radius 3 is 2.41 bits per heavy atom. The van der Waals surface area contributed by atoms with Crippen LogP contribution in [0.1, 0.15) is 50.4 Å². The maximum absolute atomic E-state index is 14.1. The van der Waals surface area contributed by atoms with Gasteiger partial charge in [-0.2, -0.15) is 0 Å². The monoisotopic (exact) mass is 928 g/mol. The summed E-state index contributed by atoms with van der Waals surface area (Å²) >= 11 is 9.26. The van der Waals surface area contributed by atoms with Gasteiger partial charge >= 0.3 is 5.97 Å². The van der Waals surface area contributed by atoms with Crippen molar-refractivity contribution in [3.63, 3.8) is 0 Å². The first kappa shape index (κ1) is 34.6. The van der Waals surface area contributed by atoms with Crippen LogP contribution in [-0.4, -0.2) is 30.4 Å². The van der Waals surface area contributed by atoms with E-state index >= 15 is 0 Å².